The van der Waals surface area contributed by atoms with Gasteiger partial charge in [-0.15, -0.1) is 0 Å². The highest BCUT2D eigenvalue weighted by atomic mass is 32.1. The number of carbonyl (C=O) groups is 2. The lowest BCUT2D eigenvalue weighted by Crippen LogP contribution is -2.48. The molecule has 1 aliphatic rings. The molecular weight excluding hydrogens is 224 g/mol. The number of amides is 2. The van der Waals surface area contributed by atoms with Crippen LogP contribution in [0.3, 0.4) is 0 Å². The first-order valence-electron chi connectivity index (χ1n) is 5.79. The largest absolute Gasteiger partial charge is 0.354 e. The Hall–Kier alpha value is -0.710. The Morgan fingerprint density at radius 3 is 2.50 bits per heavy atom. The van der Waals surface area contributed by atoms with Crippen molar-refractivity contribution in [3.05, 3.63) is 0 Å². The van der Waals surface area contributed by atoms with Gasteiger partial charge in [-0.25, -0.2) is 0 Å². The molecule has 92 valence electrons. The first-order chi connectivity index (χ1) is 7.63. The normalized spacial score (nSPS) is 18.1. The van der Waals surface area contributed by atoms with Gasteiger partial charge in [0.05, 0.1) is 0 Å². The fraction of sp³-hybridized carbons (Fsp3) is 0.818. The van der Waals surface area contributed by atoms with Crippen molar-refractivity contribution < 1.29 is 9.59 Å². The van der Waals surface area contributed by atoms with Crippen LogP contribution in [0.1, 0.15) is 32.6 Å². The highest BCUT2D eigenvalue weighted by Gasteiger charge is 2.20. The van der Waals surface area contributed by atoms with Gasteiger partial charge in [0.2, 0.25) is 11.8 Å². The standard InChI is InChI=1S/C11H20N2O2S/c1-8(14)13-10(7-16)11(15)12-6-9-4-2-3-5-9/h9-10,16H,2-7H2,1H3,(H,12,15)(H,13,14). The first kappa shape index (κ1) is 13.4. The average molecular weight is 244 g/mol. The van der Waals surface area contributed by atoms with E-state index in [2.05, 4.69) is 23.3 Å². The summed E-state index contributed by atoms with van der Waals surface area (Å²) in [6.45, 7) is 2.13. The smallest absolute Gasteiger partial charge is 0.243 e. The summed E-state index contributed by atoms with van der Waals surface area (Å²) in [5, 5.41) is 5.46. The molecular formula is C11H20N2O2S. The highest BCUT2D eigenvalue weighted by molar-refractivity contribution is 7.80. The van der Waals surface area contributed by atoms with Gasteiger partial charge in [-0.05, 0) is 18.8 Å². The summed E-state index contributed by atoms with van der Waals surface area (Å²) in [4.78, 5) is 22.5. The Bertz CT molecular complexity index is 252. The van der Waals surface area contributed by atoms with Crippen molar-refractivity contribution >= 4 is 24.4 Å². The van der Waals surface area contributed by atoms with E-state index in [1.807, 2.05) is 0 Å². The van der Waals surface area contributed by atoms with Crippen molar-refractivity contribution in [1.82, 2.24) is 10.6 Å². The van der Waals surface area contributed by atoms with Gasteiger partial charge in [0, 0.05) is 19.2 Å². The fourth-order valence-corrected chi connectivity index (χ4v) is 2.28. The third-order valence-electron chi connectivity index (χ3n) is 2.92. The molecule has 0 aromatic rings. The molecule has 1 saturated carbocycles. The lowest BCUT2D eigenvalue weighted by Gasteiger charge is -2.17. The minimum absolute atomic E-state index is 0.128. The molecule has 0 radical (unpaired) electrons. The molecule has 1 fully saturated rings. The molecule has 1 rings (SSSR count). The summed E-state index contributed by atoms with van der Waals surface area (Å²) < 4.78 is 0. The zero-order chi connectivity index (χ0) is 12.0. The molecule has 0 aromatic carbocycles. The van der Waals surface area contributed by atoms with Crippen LogP contribution < -0.4 is 10.6 Å². The maximum absolute atomic E-state index is 11.7. The molecule has 1 aliphatic carbocycles. The molecule has 5 heteroatoms. The van der Waals surface area contributed by atoms with Crippen molar-refractivity contribution in [1.29, 1.82) is 0 Å². The number of rotatable bonds is 5. The van der Waals surface area contributed by atoms with Gasteiger partial charge in [-0.3, -0.25) is 9.59 Å². The average Bonchev–Trinajstić information content (AvgIpc) is 2.75. The summed E-state index contributed by atoms with van der Waals surface area (Å²) in [5.41, 5.74) is 0. The van der Waals surface area contributed by atoms with Gasteiger partial charge in [-0.2, -0.15) is 12.6 Å². The Labute approximate surface area is 102 Å². The molecule has 2 amide bonds. The van der Waals surface area contributed by atoms with Crippen LogP contribution in [0.25, 0.3) is 0 Å². The van der Waals surface area contributed by atoms with E-state index < -0.39 is 6.04 Å². The molecule has 0 heterocycles. The summed E-state index contributed by atoms with van der Waals surface area (Å²) in [5.74, 6) is 0.616. The van der Waals surface area contributed by atoms with Crippen LogP contribution in [0.4, 0.5) is 0 Å². The lowest BCUT2D eigenvalue weighted by molar-refractivity contribution is -0.127. The number of carbonyl (C=O) groups excluding carboxylic acids is 2. The van der Waals surface area contributed by atoms with E-state index in [1.165, 1.54) is 32.6 Å². The van der Waals surface area contributed by atoms with Gasteiger partial charge in [0.15, 0.2) is 0 Å². The Morgan fingerprint density at radius 2 is 2.00 bits per heavy atom. The molecule has 1 unspecified atom stereocenters. The predicted octanol–water partition coefficient (Wildman–Crippen LogP) is 0.727. The monoisotopic (exact) mass is 244 g/mol. The summed E-state index contributed by atoms with van der Waals surface area (Å²) >= 11 is 4.06. The van der Waals surface area contributed by atoms with Gasteiger partial charge >= 0.3 is 0 Å². The van der Waals surface area contributed by atoms with E-state index in [0.717, 1.165) is 6.54 Å². The molecule has 2 N–H and O–H groups in total. The van der Waals surface area contributed by atoms with Crippen LogP contribution >= 0.6 is 12.6 Å². The predicted molar refractivity (Wildman–Crippen MR) is 66.4 cm³/mol. The van der Waals surface area contributed by atoms with Crippen molar-refractivity contribution in [2.45, 2.75) is 38.6 Å². The quantitative estimate of drug-likeness (QED) is 0.624. The van der Waals surface area contributed by atoms with Crippen LogP contribution in [0, 0.1) is 5.92 Å². The van der Waals surface area contributed by atoms with E-state index in [9.17, 15) is 9.59 Å². The maximum Gasteiger partial charge on any atom is 0.243 e. The number of hydrogen-bond acceptors (Lipinski definition) is 3. The van der Waals surface area contributed by atoms with Gasteiger partial charge < -0.3 is 10.6 Å². The van der Waals surface area contributed by atoms with Crippen LogP contribution in [-0.4, -0.2) is 30.2 Å². The lowest BCUT2D eigenvalue weighted by atomic mass is 10.1. The van der Waals surface area contributed by atoms with Gasteiger partial charge in [0.1, 0.15) is 6.04 Å². The van der Waals surface area contributed by atoms with Crippen molar-refractivity contribution in [2.24, 2.45) is 5.92 Å². The van der Waals surface area contributed by atoms with Crippen LogP contribution in [-0.2, 0) is 9.59 Å². The SMILES string of the molecule is CC(=O)NC(CS)C(=O)NCC1CCCC1. The van der Waals surface area contributed by atoms with Crippen molar-refractivity contribution in [3.63, 3.8) is 0 Å². The molecule has 4 nitrogen and oxygen atoms in total. The molecule has 0 spiro atoms. The summed E-state index contributed by atoms with van der Waals surface area (Å²) in [6.07, 6.45) is 4.93. The maximum atomic E-state index is 11.7. The minimum atomic E-state index is -0.512. The molecule has 0 aromatic heterocycles. The van der Waals surface area contributed by atoms with Gasteiger partial charge in [0.25, 0.3) is 0 Å². The molecule has 0 aliphatic heterocycles. The zero-order valence-electron chi connectivity index (χ0n) is 9.66. The molecule has 1 atom stereocenters. The number of nitrogens with one attached hydrogen (secondary N) is 2. The van der Waals surface area contributed by atoms with Crippen LogP contribution in [0.5, 0.6) is 0 Å². The van der Waals surface area contributed by atoms with Gasteiger partial charge in [-0.1, -0.05) is 12.8 Å². The van der Waals surface area contributed by atoms with Crippen molar-refractivity contribution in [3.8, 4) is 0 Å². The van der Waals surface area contributed by atoms with E-state index in [0.29, 0.717) is 11.7 Å². The van der Waals surface area contributed by atoms with E-state index in [-0.39, 0.29) is 11.8 Å². The van der Waals surface area contributed by atoms with Crippen LogP contribution in [0.15, 0.2) is 0 Å². The minimum Gasteiger partial charge on any atom is -0.354 e. The number of thiol groups is 1. The Balaban J connectivity index is 2.28. The van der Waals surface area contributed by atoms with E-state index in [4.69, 9.17) is 0 Å². The second-order valence-electron chi connectivity index (χ2n) is 4.33. The topological polar surface area (TPSA) is 58.2 Å². The Kier molecular flexibility index (Phi) is 5.66. The fourth-order valence-electron chi connectivity index (χ4n) is 2.02. The second-order valence-corrected chi connectivity index (χ2v) is 4.70. The van der Waals surface area contributed by atoms with Crippen molar-refractivity contribution in [2.75, 3.05) is 12.3 Å². The number of hydrogen-bond donors (Lipinski definition) is 3. The zero-order valence-corrected chi connectivity index (χ0v) is 10.6. The van der Waals surface area contributed by atoms with E-state index >= 15 is 0 Å². The van der Waals surface area contributed by atoms with Crippen LogP contribution in [0.2, 0.25) is 0 Å². The molecule has 0 saturated heterocycles. The third-order valence-corrected chi connectivity index (χ3v) is 3.28. The highest BCUT2D eigenvalue weighted by Crippen LogP contribution is 2.23. The second kappa shape index (κ2) is 6.78. The Morgan fingerprint density at radius 1 is 1.38 bits per heavy atom. The van der Waals surface area contributed by atoms with E-state index in [1.54, 1.807) is 0 Å². The molecule has 0 bridgehead atoms. The first-order valence-corrected chi connectivity index (χ1v) is 6.42. The molecule has 16 heavy (non-hydrogen) atoms. The summed E-state index contributed by atoms with van der Waals surface area (Å²) in [7, 11) is 0. The summed E-state index contributed by atoms with van der Waals surface area (Å²) in [6, 6.07) is -0.512. The third kappa shape index (κ3) is 4.43.